The summed E-state index contributed by atoms with van der Waals surface area (Å²) in [7, 11) is 0. The van der Waals surface area contributed by atoms with E-state index in [0.717, 1.165) is 5.56 Å². The number of benzene rings is 2. The van der Waals surface area contributed by atoms with Gasteiger partial charge in [0.2, 0.25) is 0 Å². The first-order valence-electron chi connectivity index (χ1n) is 9.55. The number of nitrogens with one attached hydrogen (secondary N) is 1. The average molecular weight is 415 g/mol. The van der Waals surface area contributed by atoms with E-state index >= 15 is 0 Å². The molecule has 0 radical (unpaired) electrons. The van der Waals surface area contributed by atoms with Crippen molar-refractivity contribution in [2.24, 2.45) is 5.73 Å². The van der Waals surface area contributed by atoms with Gasteiger partial charge in [0.1, 0.15) is 17.2 Å². The first kappa shape index (κ1) is 20.0. The van der Waals surface area contributed by atoms with E-state index in [0.29, 0.717) is 33.5 Å². The van der Waals surface area contributed by atoms with E-state index in [9.17, 15) is 14.7 Å². The predicted molar refractivity (Wildman–Crippen MR) is 120 cm³/mol. The molecule has 8 heteroatoms. The Morgan fingerprint density at radius 1 is 1.10 bits per heavy atom. The number of carbonyl (C=O) groups excluding carboxylic acids is 2. The smallest absolute Gasteiger partial charge is 0.255 e. The Bertz CT molecular complexity index is 1340. The third-order valence-electron chi connectivity index (χ3n) is 5.21. The van der Waals surface area contributed by atoms with E-state index in [-0.39, 0.29) is 23.0 Å². The summed E-state index contributed by atoms with van der Waals surface area (Å²) in [5.74, 6) is -0.827. The zero-order valence-electron chi connectivity index (χ0n) is 17.0. The number of aryl methyl sites for hydroxylation is 1. The van der Waals surface area contributed by atoms with Crippen LogP contribution in [0.25, 0.3) is 16.7 Å². The molecule has 0 aliphatic rings. The molecule has 0 saturated carbocycles. The number of aromatic hydroxyl groups is 1. The molecule has 8 nitrogen and oxygen atoms in total. The number of pyridine rings is 1. The molecule has 0 atom stereocenters. The summed E-state index contributed by atoms with van der Waals surface area (Å²) in [5.41, 5.74) is 15.4. The molecule has 4 rings (SSSR count). The van der Waals surface area contributed by atoms with Gasteiger partial charge in [-0.05, 0) is 43.7 Å². The van der Waals surface area contributed by atoms with Crippen molar-refractivity contribution in [1.29, 1.82) is 0 Å². The van der Waals surface area contributed by atoms with Crippen LogP contribution >= 0.6 is 0 Å². The molecule has 4 aromatic rings. The molecule has 0 saturated heterocycles. The number of phenolic OH excluding ortho intramolecular Hbond substituents is 1. The molecular formula is C23H21N5O3. The van der Waals surface area contributed by atoms with Crippen LogP contribution in [-0.2, 0) is 0 Å². The van der Waals surface area contributed by atoms with Crippen molar-refractivity contribution in [3.05, 3.63) is 77.0 Å². The Morgan fingerprint density at radius 2 is 1.81 bits per heavy atom. The second-order valence-corrected chi connectivity index (χ2v) is 7.25. The lowest BCUT2D eigenvalue weighted by Gasteiger charge is -2.15. The highest BCUT2D eigenvalue weighted by Gasteiger charge is 2.24. The van der Waals surface area contributed by atoms with E-state index in [1.54, 1.807) is 54.0 Å². The minimum atomic E-state index is -0.718. The molecule has 6 N–H and O–H groups in total. The van der Waals surface area contributed by atoms with Crippen molar-refractivity contribution in [2.75, 3.05) is 11.1 Å². The quantitative estimate of drug-likeness (QED) is 0.405. The Kier molecular flexibility index (Phi) is 4.82. The Hall–Kier alpha value is -4.33. The number of nitrogens with two attached hydrogens (primary N) is 2. The highest BCUT2D eigenvalue weighted by molar-refractivity contribution is 6.12. The summed E-state index contributed by atoms with van der Waals surface area (Å²) >= 11 is 0. The van der Waals surface area contributed by atoms with Crippen molar-refractivity contribution < 1.29 is 14.7 Å². The minimum absolute atomic E-state index is 0.0919. The lowest BCUT2D eigenvalue weighted by Crippen LogP contribution is -2.14. The van der Waals surface area contributed by atoms with Gasteiger partial charge in [0.25, 0.3) is 11.8 Å². The lowest BCUT2D eigenvalue weighted by atomic mass is 10.1. The van der Waals surface area contributed by atoms with E-state index in [1.807, 2.05) is 13.0 Å². The second kappa shape index (κ2) is 7.49. The number of hydrogen-bond donors (Lipinski definition) is 4. The molecule has 2 amide bonds. The Labute approximate surface area is 178 Å². The van der Waals surface area contributed by atoms with Gasteiger partial charge in [-0.3, -0.25) is 14.2 Å². The van der Waals surface area contributed by atoms with Gasteiger partial charge in [0.05, 0.1) is 23.1 Å². The molecule has 2 heterocycles. The van der Waals surface area contributed by atoms with Crippen LogP contribution in [-0.4, -0.2) is 26.5 Å². The van der Waals surface area contributed by atoms with Gasteiger partial charge in [0, 0.05) is 16.5 Å². The van der Waals surface area contributed by atoms with E-state index < -0.39 is 5.91 Å². The van der Waals surface area contributed by atoms with Crippen LogP contribution in [0.1, 0.15) is 31.8 Å². The zero-order valence-corrected chi connectivity index (χ0v) is 17.0. The van der Waals surface area contributed by atoms with Crippen LogP contribution in [0.4, 0.5) is 11.5 Å². The molecular weight excluding hydrogens is 394 g/mol. The molecule has 2 aromatic carbocycles. The van der Waals surface area contributed by atoms with Crippen LogP contribution in [0.15, 0.2) is 54.7 Å². The first-order chi connectivity index (χ1) is 14.8. The Morgan fingerprint density at radius 3 is 2.48 bits per heavy atom. The average Bonchev–Trinajstić information content (AvgIpc) is 3.03. The van der Waals surface area contributed by atoms with Gasteiger partial charge in [-0.25, -0.2) is 4.98 Å². The number of hydrogen-bond acceptors (Lipinski definition) is 5. The largest absolute Gasteiger partial charge is 0.508 e. The zero-order chi connectivity index (χ0) is 22.3. The highest BCUT2D eigenvalue weighted by atomic mass is 16.3. The van der Waals surface area contributed by atoms with Crippen LogP contribution in [0, 0.1) is 13.8 Å². The van der Waals surface area contributed by atoms with E-state index in [4.69, 9.17) is 11.5 Å². The van der Waals surface area contributed by atoms with Gasteiger partial charge in [0.15, 0.2) is 0 Å². The molecule has 31 heavy (non-hydrogen) atoms. The number of nitrogen functional groups attached to an aromatic ring is 1. The van der Waals surface area contributed by atoms with Gasteiger partial charge in [-0.1, -0.05) is 24.3 Å². The van der Waals surface area contributed by atoms with Gasteiger partial charge in [-0.2, -0.15) is 0 Å². The van der Waals surface area contributed by atoms with Crippen molar-refractivity contribution >= 4 is 34.4 Å². The van der Waals surface area contributed by atoms with Gasteiger partial charge in [-0.15, -0.1) is 0 Å². The number of primary amides is 1. The fourth-order valence-corrected chi connectivity index (χ4v) is 3.70. The SMILES string of the molecule is Cc1ccc(O)c(C)c1-n1c(N)c(C(N)=O)c2cc(NC(=O)c3ccccc3)cnc21. The fraction of sp³-hybridized carbons (Fsp3) is 0.0870. The van der Waals surface area contributed by atoms with Crippen molar-refractivity contribution in [2.45, 2.75) is 13.8 Å². The maximum atomic E-state index is 12.5. The fourth-order valence-electron chi connectivity index (χ4n) is 3.70. The third-order valence-corrected chi connectivity index (χ3v) is 5.21. The first-order valence-corrected chi connectivity index (χ1v) is 9.55. The van der Waals surface area contributed by atoms with Crippen molar-refractivity contribution in [1.82, 2.24) is 9.55 Å². The van der Waals surface area contributed by atoms with Gasteiger partial charge >= 0.3 is 0 Å². The van der Waals surface area contributed by atoms with Crippen LogP contribution in [0.5, 0.6) is 5.75 Å². The molecule has 0 aliphatic carbocycles. The monoisotopic (exact) mass is 415 g/mol. The Balaban J connectivity index is 1.90. The maximum absolute atomic E-state index is 12.5. The van der Waals surface area contributed by atoms with Gasteiger partial charge < -0.3 is 21.9 Å². The van der Waals surface area contributed by atoms with Crippen molar-refractivity contribution in [3.8, 4) is 11.4 Å². The molecule has 0 aliphatic heterocycles. The molecule has 0 unspecified atom stereocenters. The van der Waals surface area contributed by atoms with E-state index in [1.165, 1.54) is 6.20 Å². The molecule has 156 valence electrons. The van der Waals surface area contributed by atoms with Crippen LogP contribution in [0.3, 0.4) is 0 Å². The number of carbonyl (C=O) groups is 2. The summed E-state index contributed by atoms with van der Waals surface area (Å²) in [6.07, 6.45) is 1.48. The normalized spacial score (nSPS) is 10.9. The lowest BCUT2D eigenvalue weighted by molar-refractivity contribution is 0.1000. The van der Waals surface area contributed by atoms with Crippen LogP contribution in [0.2, 0.25) is 0 Å². The summed E-state index contributed by atoms with van der Waals surface area (Å²) in [5, 5.41) is 13.4. The van der Waals surface area contributed by atoms with Crippen molar-refractivity contribution in [3.63, 3.8) is 0 Å². The summed E-state index contributed by atoms with van der Waals surface area (Å²) in [6.45, 7) is 3.62. The topological polar surface area (TPSA) is 136 Å². The second-order valence-electron chi connectivity index (χ2n) is 7.25. The number of fused-ring (bicyclic) bond motifs is 1. The summed E-state index contributed by atoms with van der Waals surface area (Å²) in [4.78, 5) is 29.2. The number of nitrogens with zero attached hydrogens (tertiary/aromatic N) is 2. The number of aromatic nitrogens is 2. The number of amides is 2. The van der Waals surface area contributed by atoms with E-state index in [2.05, 4.69) is 10.3 Å². The molecule has 0 fully saturated rings. The predicted octanol–water partition coefficient (Wildman–Crippen LogP) is 3.28. The summed E-state index contributed by atoms with van der Waals surface area (Å²) in [6, 6.07) is 13.7. The standard InChI is InChI=1S/C23H21N5O3/c1-12-8-9-17(29)13(2)19(12)28-20(24)18(21(25)30)16-10-15(11-26-22(16)28)27-23(31)14-6-4-3-5-7-14/h3-11,29H,24H2,1-2H3,(H2,25,30)(H,27,31). The number of anilines is 2. The number of rotatable bonds is 4. The molecule has 2 aromatic heterocycles. The van der Waals surface area contributed by atoms with Crippen LogP contribution < -0.4 is 16.8 Å². The molecule has 0 bridgehead atoms. The minimum Gasteiger partial charge on any atom is -0.508 e. The summed E-state index contributed by atoms with van der Waals surface area (Å²) < 4.78 is 1.60. The maximum Gasteiger partial charge on any atom is 0.255 e. The highest BCUT2D eigenvalue weighted by Crippen LogP contribution is 2.36. The molecule has 0 spiro atoms. The third kappa shape index (κ3) is 3.33. The number of phenols is 1.